The first-order valence-corrected chi connectivity index (χ1v) is 8.15. The zero-order valence-corrected chi connectivity index (χ0v) is 15.4. The first-order valence-electron chi connectivity index (χ1n) is 8.15. The monoisotopic (exact) mass is 386 g/mol. The van der Waals surface area contributed by atoms with Gasteiger partial charge in [-0.15, -0.1) is 0 Å². The van der Waals surface area contributed by atoms with Gasteiger partial charge in [0.15, 0.2) is 0 Å². The van der Waals surface area contributed by atoms with Gasteiger partial charge in [0.2, 0.25) is 0 Å². The van der Waals surface area contributed by atoms with Crippen LogP contribution in [0.4, 0.5) is 17.1 Å². The van der Waals surface area contributed by atoms with E-state index in [1.54, 1.807) is 0 Å². The highest BCUT2D eigenvalue weighted by molar-refractivity contribution is 5.84. The maximum Gasteiger partial charge on any atom is 0.283 e. The Morgan fingerprint density at radius 2 is 1.21 bits per heavy atom. The molecule has 0 bridgehead atoms. The summed E-state index contributed by atoms with van der Waals surface area (Å²) in [6, 6.07) is 10.4. The molecule has 2 aromatic carbocycles. The van der Waals surface area contributed by atoms with Crippen LogP contribution in [-0.2, 0) is 5.41 Å². The third-order valence-corrected chi connectivity index (χ3v) is 3.92. The molecule has 28 heavy (non-hydrogen) atoms. The summed E-state index contributed by atoms with van der Waals surface area (Å²) in [5.74, 6) is 0. The van der Waals surface area contributed by atoms with Gasteiger partial charge in [-0.1, -0.05) is 39.0 Å². The average Bonchev–Trinajstić information content (AvgIpc) is 3.06. The van der Waals surface area contributed by atoms with Crippen LogP contribution >= 0.6 is 0 Å². The largest absolute Gasteiger partial charge is 0.361 e. The zero-order chi connectivity index (χ0) is 21.1. The Kier molecular flexibility index (Phi) is 5.73. The van der Waals surface area contributed by atoms with Crippen LogP contribution in [0.5, 0.6) is 0 Å². The number of hydrogen-bond acceptors (Lipinski definition) is 6. The minimum atomic E-state index is -0.931. The predicted molar refractivity (Wildman–Crippen MR) is 103 cm³/mol. The Hall–Kier alpha value is -3.82. The Labute approximate surface area is 159 Å². The van der Waals surface area contributed by atoms with Crippen molar-refractivity contribution in [1.29, 1.82) is 0 Å². The van der Waals surface area contributed by atoms with Crippen molar-refractivity contribution in [2.75, 3.05) is 0 Å². The van der Waals surface area contributed by atoms with E-state index in [0.29, 0.717) is 18.2 Å². The number of H-pyrrole nitrogens is 1. The summed E-state index contributed by atoms with van der Waals surface area (Å²) >= 11 is 0. The molecule has 0 saturated heterocycles. The second-order valence-corrected chi connectivity index (χ2v) is 6.98. The van der Waals surface area contributed by atoms with Gasteiger partial charge in [0.25, 0.3) is 17.1 Å². The number of nitrogens with zero attached hydrogens (tertiary/aromatic N) is 3. The van der Waals surface area contributed by atoms with E-state index >= 15 is 0 Å². The maximum atomic E-state index is 10.3. The van der Waals surface area contributed by atoms with Crippen molar-refractivity contribution in [3.05, 3.63) is 84.6 Å². The number of para-hydroxylation sites is 1. The molecular weight excluding hydrogens is 368 g/mol. The Morgan fingerprint density at radius 1 is 0.786 bits per heavy atom. The molecule has 10 heteroatoms. The molecule has 0 atom stereocenters. The van der Waals surface area contributed by atoms with Gasteiger partial charge in [-0.05, 0) is 17.0 Å². The summed E-state index contributed by atoms with van der Waals surface area (Å²) in [5.41, 5.74) is 0.790. The number of rotatable bonds is 3. The highest BCUT2D eigenvalue weighted by atomic mass is 16.6. The molecule has 3 aromatic rings. The minimum absolute atomic E-state index is 0.222. The molecule has 0 aliphatic carbocycles. The van der Waals surface area contributed by atoms with Gasteiger partial charge in [-0.25, -0.2) is 0 Å². The van der Waals surface area contributed by atoms with Crippen molar-refractivity contribution in [2.45, 2.75) is 26.2 Å². The molecule has 0 amide bonds. The number of aromatic nitrogens is 1. The van der Waals surface area contributed by atoms with E-state index in [1.165, 1.54) is 16.5 Å². The number of nitrogens with one attached hydrogen (secondary N) is 1. The van der Waals surface area contributed by atoms with Crippen LogP contribution < -0.4 is 0 Å². The number of benzene rings is 2. The third kappa shape index (κ3) is 4.67. The number of hydrogen-bond donors (Lipinski definition) is 1. The molecular formula is C18H18N4O6. The Balaban J connectivity index is 0.000000202. The van der Waals surface area contributed by atoms with Crippen LogP contribution in [0.3, 0.4) is 0 Å². The molecule has 1 aromatic heterocycles. The number of nitro benzene ring substituents is 3. The van der Waals surface area contributed by atoms with E-state index in [-0.39, 0.29) is 5.41 Å². The number of non-ortho nitro benzene ring substituents is 3. The smallest absolute Gasteiger partial charge is 0.283 e. The van der Waals surface area contributed by atoms with Crippen LogP contribution in [0.1, 0.15) is 26.3 Å². The Bertz CT molecular complexity index is 973. The van der Waals surface area contributed by atoms with E-state index < -0.39 is 31.8 Å². The van der Waals surface area contributed by atoms with E-state index in [9.17, 15) is 30.3 Å². The fourth-order valence-electron chi connectivity index (χ4n) is 2.59. The molecule has 3 rings (SSSR count). The first-order chi connectivity index (χ1) is 13.0. The lowest BCUT2D eigenvalue weighted by molar-refractivity contribution is -0.403. The van der Waals surface area contributed by atoms with Crippen molar-refractivity contribution < 1.29 is 14.8 Å². The molecule has 146 valence electrons. The topological polar surface area (TPSA) is 145 Å². The summed E-state index contributed by atoms with van der Waals surface area (Å²) in [4.78, 5) is 31.4. The summed E-state index contributed by atoms with van der Waals surface area (Å²) in [7, 11) is 0. The van der Waals surface area contributed by atoms with Crippen molar-refractivity contribution in [3.63, 3.8) is 0 Å². The van der Waals surface area contributed by atoms with Crippen LogP contribution in [0.25, 0.3) is 10.9 Å². The van der Waals surface area contributed by atoms with Crippen molar-refractivity contribution in [3.8, 4) is 0 Å². The second-order valence-electron chi connectivity index (χ2n) is 6.98. The third-order valence-electron chi connectivity index (χ3n) is 3.92. The van der Waals surface area contributed by atoms with E-state index in [4.69, 9.17) is 0 Å². The summed E-state index contributed by atoms with van der Waals surface area (Å²) < 4.78 is 0. The lowest BCUT2D eigenvalue weighted by Gasteiger charge is -2.17. The van der Waals surface area contributed by atoms with Gasteiger partial charge >= 0.3 is 0 Å². The second kappa shape index (κ2) is 7.82. The van der Waals surface area contributed by atoms with Crippen molar-refractivity contribution in [2.24, 2.45) is 0 Å². The maximum absolute atomic E-state index is 10.3. The fraction of sp³-hybridized carbons (Fsp3) is 0.222. The molecule has 0 unspecified atom stereocenters. The Morgan fingerprint density at radius 3 is 1.61 bits per heavy atom. The van der Waals surface area contributed by atoms with Crippen molar-refractivity contribution in [1.82, 2.24) is 4.98 Å². The number of nitro groups is 3. The van der Waals surface area contributed by atoms with E-state index in [1.807, 2.05) is 0 Å². The first kappa shape index (κ1) is 20.5. The predicted octanol–water partition coefficient (Wildman–Crippen LogP) is 4.88. The molecule has 0 spiro atoms. The minimum Gasteiger partial charge on any atom is -0.361 e. The van der Waals surface area contributed by atoms with Gasteiger partial charge in [0.05, 0.1) is 33.0 Å². The summed E-state index contributed by atoms with van der Waals surface area (Å²) in [6.45, 7) is 6.72. The normalized spacial score (nSPS) is 10.8. The molecule has 1 N–H and O–H groups in total. The molecule has 1 heterocycles. The lowest BCUT2D eigenvalue weighted by Crippen LogP contribution is -2.09. The fourth-order valence-corrected chi connectivity index (χ4v) is 2.59. The van der Waals surface area contributed by atoms with Crippen LogP contribution in [0.15, 0.2) is 48.7 Å². The van der Waals surface area contributed by atoms with Crippen molar-refractivity contribution >= 4 is 28.0 Å². The van der Waals surface area contributed by atoms with Gasteiger partial charge in [-0.3, -0.25) is 30.3 Å². The average molecular weight is 386 g/mol. The summed E-state index contributed by atoms with van der Waals surface area (Å²) in [6.07, 6.45) is 2.12. The molecule has 0 aliphatic rings. The van der Waals surface area contributed by atoms with Crippen LogP contribution in [-0.4, -0.2) is 19.8 Å². The van der Waals surface area contributed by atoms with E-state index in [0.717, 1.165) is 0 Å². The molecule has 0 aliphatic heterocycles. The molecule has 10 nitrogen and oxygen atoms in total. The highest BCUT2D eigenvalue weighted by Crippen LogP contribution is 2.29. The standard InChI is InChI=1S/C12H15N.C6H3N3O6/c1-12(2,3)10-8-13-11-7-5-4-6-9(10)11;10-7(11)4-1-5(8(12)13)3-6(2-4)9(14)15/h4-8,13H,1-3H3;1-3H. The van der Waals surface area contributed by atoms with Gasteiger partial charge in [-0.2, -0.15) is 0 Å². The quantitative estimate of drug-likeness (QED) is 0.501. The van der Waals surface area contributed by atoms with Crippen LogP contribution in [0, 0.1) is 30.3 Å². The highest BCUT2D eigenvalue weighted by Gasteiger charge is 2.21. The number of fused-ring (bicyclic) bond motifs is 1. The number of aromatic amines is 1. The van der Waals surface area contributed by atoms with Crippen LogP contribution in [0.2, 0.25) is 0 Å². The SMILES string of the molecule is CC(C)(C)c1c[nH]c2ccccc12.O=[N+]([O-])c1cc([N+](=O)[O-])cc([N+](=O)[O-])c1. The lowest BCUT2D eigenvalue weighted by atomic mass is 9.87. The molecule has 0 radical (unpaired) electrons. The van der Waals surface area contributed by atoms with Gasteiger partial charge in [0, 0.05) is 17.1 Å². The van der Waals surface area contributed by atoms with E-state index in [2.05, 4.69) is 56.2 Å². The zero-order valence-electron chi connectivity index (χ0n) is 15.4. The molecule has 0 saturated carbocycles. The van der Waals surface area contributed by atoms with Gasteiger partial charge < -0.3 is 4.98 Å². The summed E-state index contributed by atoms with van der Waals surface area (Å²) in [5, 5.41) is 32.3. The van der Waals surface area contributed by atoms with Gasteiger partial charge in [0.1, 0.15) is 0 Å². The molecule has 0 fully saturated rings.